The summed E-state index contributed by atoms with van der Waals surface area (Å²) in [4.78, 5) is 23.8. The molecule has 7 heteroatoms. The number of hydrogen-bond acceptors (Lipinski definition) is 7. The van der Waals surface area contributed by atoms with Crippen LogP contribution < -0.4 is 0 Å². The van der Waals surface area contributed by atoms with Gasteiger partial charge in [-0.2, -0.15) is 0 Å². The number of unbranched alkanes of at least 4 members (excludes halogenated alkanes) is 13. The van der Waals surface area contributed by atoms with Crippen LogP contribution in [0.15, 0.2) is 12.2 Å². The molecule has 0 fully saturated rings. The quantitative estimate of drug-likeness (QED) is 0.0472. The summed E-state index contributed by atoms with van der Waals surface area (Å²) in [6.45, 7) is 6.37. The molecule has 0 bridgehead atoms. The number of rotatable bonds is 29. The summed E-state index contributed by atoms with van der Waals surface area (Å²) >= 11 is 0. The summed E-state index contributed by atoms with van der Waals surface area (Å²) in [5.74, 6) is 0.106. The molecule has 0 aliphatic carbocycles. The zero-order valence-electron chi connectivity index (χ0n) is 26.7. The molecule has 0 aromatic heterocycles. The Morgan fingerprint density at radius 3 is 1.61 bits per heavy atom. The van der Waals surface area contributed by atoms with Crippen molar-refractivity contribution in [2.45, 2.75) is 174 Å². The summed E-state index contributed by atoms with van der Waals surface area (Å²) in [5.41, 5.74) is 0. The van der Waals surface area contributed by atoms with E-state index in [-0.39, 0.29) is 31.6 Å². The van der Waals surface area contributed by atoms with Crippen LogP contribution in [0.5, 0.6) is 0 Å². The summed E-state index contributed by atoms with van der Waals surface area (Å²) in [7, 11) is 0. The van der Waals surface area contributed by atoms with Gasteiger partial charge in [0.2, 0.25) is 0 Å². The van der Waals surface area contributed by atoms with E-state index in [0.29, 0.717) is 25.7 Å². The fourth-order valence-corrected chi connectivity index (χ4v) is 4.64. The molecule has 0 rings (SSSR count). The van der Waals surface area contributed by atoms with Crippen molar-refractivity contribution < 1.29 is 34.4 Å². The molecule has 0 aromatic rings. The number of ether oxygens (including phenoxy) is 2. The third-order valence-electron chi connectivity index (χ3n) is 7.38. The van der Waals surface area contributed by atoms with Crippen molar-refractivity contribution in [3.63, 3.8) is 0 Å². The first kappa shape index (κ1) is 39.6. The van der Waals surface area contributed by atoms with Crippen molar-refractivity contribution in [1.82, 2.24) is 0 Å². The van der Waals surface area contributed by atoms with Gasteiger partial charge in [-0.3, -0.25) is 9.59 Å². The first-order chi connectivity index (χ1) is 19.8. The summed E-state index contributed by atoms with van der Waals surface area (Å²) in [6, 6.07) is 0. The van der Waals surface area contributed by atoms with Gasteiger partial charge in [-0.05, 0) is 44.4 Å². The predicted molar refractivity (Wildman–Crippen MR) is 167 cm³/mol. The zero-order valence-corrected chi connectivity index (χ0v) is 26.7. The minimum Gasteiger partial charge on any atom is -0.463 e. The second-order valence-electron chi connectivity index (χ2n) is 12.1. The van der Waals surface area contributed by atoms with Crippen LogP contribution in [0.2, 0.25) is 0 Å². The van der Waals surface area contributed by atoms with Crippen LogP contribution in [0.25, 0.3) is 0 Å². The lowest BCUT2D eigenvalue weighted by Gasteiger charge is -2.16. The molecule has 0 radical (unpaired) electrons. The Kier molecular flexibility index (Phi) is 27.7. The van der Waals surface area contributed by atoms with E-state index in [4.69, 9.17) is 9.47 Å². The fraction of sp³-hybridized carbons (Fsp3) is 0.882. The van der Waals surface area contributed by atoms with Gasteiger partial charge >= 0.3 is 11.9 Å². The third-order valence-corrected chi connectivity index (χ3v) is 7.38. The average Bonchev–Trinajstić information content (AvgIpc) is 2.94. The van der Waals surface area contributed by atoms with Crippen molar-refractivity contribution in [3.8, 4) is 0 Å². The molecule has 0 aliphatic rings. The number of aliphatic hydroxyl groups excluding tert-OH is 3. The van der Waals surface area contributed by atoms with Crippen LogP contribution in [-0.2, 0) is 19.1 Å². The second-order valence-corrected chi connectivity index (χ2v) is 12.1. The van der Waals surface area contributed by atoms with Crippen LogP contribution in [0.4, 0.5) is 0 Å². The molecular formula is C34H64O7. The van der Waals surface area contributed by atoms with Crippen LogP contribution in [0.3, 0.4) is 0 Å². The van der Waals surface area contributed by atoms with E-state index < -0.39 is 18.3 Å². The minimum atomic E-state index is -1.01. The van der Waals surface area contributed by atoms with Gasteiger partial charge in [0, 0.05) is 12.8 Å². The van der Waals surface area contributed by atoms with Gasteiger partial charge in [0.05, 0.1) is 12.2 Å². The molecule has 41 heavy (non-hydrogen) atoms. The Morgan fingerprint density at radius 1 is 0.610 bits per heavy atom. The van der Waals surface area contributed by atoms with Crippen molar-refractivity contribution in [1.29, 1.82) is 0 Å². The van der Waals surface area contributed by atoms with E-state index in [0.717, 1.165) is 57.3 Å². The molecule has 0 amide bonds. The van der Waals surface area contributed by atoms with Crippen LogP contribution in [-0.4, -0.2) is 58.8 Å². The molecule has 0 aromatic carbocycles. The standard InChI is InChI=1S/C34H64O7/c1-4-5-6-7-13-18-23-31(36)32(37)24-19-14-11-16-21-26-34(39)41-28-30(35)27-40-33(38)25-20-15-10-8-9-12-17-22-29(2)3/h13,18,29-32,35-37H,4-12,14-17,19-28H2,1-3H3/b18-13-/t30-,31+,32+/m0/s1. The summed E-state index contributed by atoms with van der Waals surface area (Å²) in [5, 5.41) is 30.1. The van der Waals surface area contributed by atoms with E-state index in [1.54, 1.807) is 0 Å². The number of carbonyl (C=O) groups is 2. The lowest BCUT2D eigenvalue weighted by Crippen LogP contribution is -2.25. The van der Waals surface area contributed by atoms with Gasteiger partial charge in [-0.25, -0.2) is 0 Å². The highest BCUT2D eigenvalue weighted by Gasteiger charge is 2.14. The summed E-state index contributed by atoms with van der Waals surface area (Å²) < 4.78 is 10.2. The normalized spacial score (nSPS) is 13.9. The molecule has 3 atom stereocenters. The molecule has 0 aliphatic heterocycles. The largest absolute Gasteiger partial charge is 0.463 e. The van der Waals surface area contributed by atoms with Crippen LogP contribution in [0.1, 0.15) is 156 Å². The Labute approximate surface area is 251 Å². The van der Waals surface area contributed by atoms with E-state index in [2.05, 4.69) is 26.8 Å². The molecule has 0 saturated carbocycles. The molecule has 0 saturated heterocycles. The van der Waals surface area contributed by atoms with Gasteiger partial charge in [0.15, 0.2) is 0 Å². The highest BCUT2D eigenvalue weighted by Crippen LogP contribution is 2.14. The van der Waals surface area contributed by atoms with Crippen molar-refractivity contribution in [2.75, 3.05) is 13.2 Å². The average molecular weight is 585 g/mol. The zero-order chi connectivity index (χ0) is 30.6. The Morgan fingerprint density at radius 2 is 1.10 bits per heavy atom. The number of aliphatic hydroxyl groups is 3. The maximum absolute atomic E-state index is 11.9. The number of carbonyl (C=O) groups excluding carboxylic acids is 2. The topological polar surface area (TPSA) is 113 Å². The predicted octanol–water partition coefficient (Wildman–Crippen LogP) is 7.58. The molecule has 0 unspecified atom stereocenters. The van der Waals surface area contributed by atoms with Gasteiger partial charge in [-0.15, -0.1) is 0 Å². The number of esters is 2. The monoisotopic (exact) mass is 584 g/mol. The molecule has 242 valence electrons. The molecular weight excluding hydrogens is 520 g/mol. The molecule has 0 spiro atoms. The van der Waals surface area contributed by atoms with E-state index >= 15 is 0 Å². The minimum absolute atomic E-state index is 0.155. The fourth-order valence-electron chi connectivity index (χ4n) is 4.64. The SMILES string of the molecule is CCCCC/C=C\C[C@@H](O)[C@H](O)CCCCCCCC(=O)OC[C@@H](O)COC(=O)CCCCCCCCCC(C)C. The van der Waals surface area contributed by atoms with Gasteiger partial charge < -0.3 is 24.8 Å². The Balaban J connectivity index is 3.60. The Hall–Kier alpha value is -1.44. The van der Waals surface area contributed by atoms with E-state index in [1.807, 2.05) is 6.08 Å². The van der Waals surface area contributed by atoms with Crippen molar-refractivity contribution in [2.24, 2.45) is 5.92 Å². The van der Waals surface area contributed by atoms with Gasteiger partial charge in [0.25, 0.3) is 0 Å². The Bertz CT molecular complexity index is 635. The third kappa shape index (κ3) is 28.5. The van der Waals surface area contributed by atoms with E-state index in [1.165, 1.54) is 51.4 Å². The number of hydrogen-bond donors (Lipinski definition) is 3. The van der Waals surface area contributed by atoms with Gasteiger partial charge in [0.1, 0.15) is 19.3 Å². The highest BCUT2D eigenvalue weighted by molar-refractivity contribution is 5.69. The molecule has 3 N–H and O–H groups in total. The molecule has 0 heterocycles. The lowest BCUT2D eigenvalue weighted by molar-refractivity contribution is -0.152. The second kappa shape index (κ2) is 28.7. The smallest absolute Gasteiger partial charge is 0.305 e. The van der Waals surface area contributed by atoms with Crippen molar-refractivity contribution >= 4 is 11.9 Å². The highest BCUT2D eigenvalue weighted by atomic mass is 16.6. The first-order valence-electron chi connectivity index (χ1n) is 16.8. The number of allylic oxidation sites excluding steroid dienone is 1. The van der Waals surface area contributed by atoms with Crippen LogP contribution >= 0.6 is 0 Å². The van der Waals surface area contributed by atoms with Crippen LogP contribution in [0, 0.1) is 5.92 Å². The maximum atomic E-state index is 11.9. The van der Waals surface area contributed by atoms with Gasteiger partial charge in [-0.1, -0.05) is 116 Å². The first-order valence-corrected chi connectivity index (χ1v) is 16.8. The molecule has 7 nitrogen and oxygen atoms in total. The van der Waals surface area contributed by atoms with E-state index in [9.17, 15) is 24.9 Å². The summed E-state index contributed by atoms with van der Waals surface area (Å²) in [6.07, 6.45) is 21.6. The van der Waals surface area contributed by atoms with Crippen molar-refractivity contribution in [3.05, 3.63) is 12.2 Å². The maximum Gasteiger partial charge on any atom is 0.305 e. The lowest BCUT2D eigenvalue weighted by atomic mass is 10.0.